The molecule has 0 aromatic carbocycles. The van der Waals surface area contributed by atoms with Crippen LogP contribution in [-0.4, -0.2) is 45.6 Å². The highest BCUT2D eigenvalue weighted by atomic mass is 32.2. The first kappa shape index (κ1) is 12.8. The molecule has 0 aromatic heterocycles. The van der Waals surface area contributed by atoms with Gasteiger partial charge in [-0.25, -0.2) is 4.79 Å². The zero-order valence-corrected chi connectivity index (χ0v) is 8.34. The van der Waals surface area contributed by atoms with Crippen LogP contribution in [0.25, 0.3) is 0 Å². The molecule has 0 aliphatic carbocycles. The first-order valence-electron chi connectivity index (χ1n) is 3.73. The molecule has 14 heavy (non-hydrogen) atoms. The standard InChI is InChI=1S/C7H11NO5S/c1-4(9)8-5(7(12)13)2-14-3-6(10)11/h5H,2-3H2,1H3,(H,8,9)(H,10,11)(H,12,13). The van der Waals surface area contributed by atoms with Crippen LogP contribution in [-0.2, 0) is 14.4 Å². The van der Waals surface area contributed by atoms with Crippen LogP contribution < -0.4 is 5.32 Å². The van der Waals surface area contributed by atoms with E-state index in [9.17, 15) is 14.4 Å². The second kappa shape index (κ2) is 6.25. The monoisotopic (exact) mass is 221 g/mol. The summed E-state index contributed by atoms with van der Waals surface area (Å²) in [7, 11) is 0. The number of carboxylic acids is 2. The van der Waals surface area contributed by atoms with Gasteiger partial charge in [0.05, 0.1) is 5.75 Å². The lowest BCUT2D eigenvalue weighted by molar-refractivity contribution is -0.140. The Morgan fingerprint density at radius 1 is 1.36 bits per heavy atom. The van der Waals surface area contributed by atoms with Crippen molar-refractivity contribution in [1.29, 1.82) is 0 Å². The summed E-state index contributed by atoms with van der Waals surface area (Å²) in [6.45, 7) is 1.21. The van der Waals surface area contributed by atoms with E-state index in [1.807, 2.05) is 0 Å². The van der Waals surface area contributed by atoms with E-state index in [4.69, 9.17) is 10.2 Å². The molecule has 0 fully saturated rings. The molecule has 1 unspecified atom stereocenters. The lowest BCUT2D eigenvalue weighted by Gasteiger charge is -2.11. The van der Waals surface area contributed by atoms with Crippen LogP contribution in [0.5, 0.6) is 0 Å². The zero-order valence-electron chi connectivity index (χ0n) is 7.52. The lowest BCUT2D eigenvalue weighted by atomic mass is 10.3. The summed E-state index contributed by atoms with van der Waals surface area (Å²) in [6, 6.07) is -1.03. The van der Waals surface area contributed by atoms with Crippen LogP contribution in [0.15, 0.2) is 0 Å². The number of carboxylic acid groups (broad SMARTS) is 2. The maximum absolute atomic E-state index is 10.6. The van der Waals surface area contributed by atoms with Gasteiger partial charge in [0.25, 0.3) is 0 Å². The van der Waals surface area contributed by atoms with Gasteiger partial charge in [-0.1, -0.05) is 0 Å². The molecule has 6 nitrogen and oxygen atoms in total. The van der Waals surface area contributed by atoms with Gasteiger partial charge in [0.2, 0.25) is 5.91 Å². The molecule has 0 radical (unpaired) electrons. The van der Waals surface area contributed by atoms with Gasteiger partial charge < -0.3 is 15.5 Å². The molecule has 1 amide bonds. The van der Waals surface area contributed by atoms with Gasteiger partial charge >= 0.3 is 11.9 Å². The normalized spacial score (nSPS) is 11.8. The van der Waals surface area contributed by atoms with Gasteiger partial charge in [0.15, 0.2) is 0 Å². The Hall–Kier alpha value is -1.24. The highest BCUT2D eigenvalue weighted by molar-refractivity contribution is 8.00. The molecular weight excluding hydrogens is 210 g/mol. The van der Waals surface area contributed by atoms with E-state index in [1.54, 1.807) is 0 Å². The van der Waals surface area contributed by atoms with Crippen molar-refractivity contribution in [3.63, 3.8) is 0 Å². The van der Waals surface area contributed by atoms with Crippen molar-refractivity contribution in [2.24, 2.45) is 0 Å². The van der Waals surface area contributed by atoms with E-state index in [-0.39, 0.29) is 11.5 Å². The van der Waals surface area contributed by atoms with E-state index >= 15 is 0 Å². The number of amides is 1. The maximum atomic E-state index is 10.6. The summed E-state index contributed by atoms with van der Waals surface area (Å²) in [4.78, 5) is 31.2. The number of thioether (sulfide) groups is 1. The second-order valence-electron chi connectivity index (χ2n) is 2.50. The van der Waals surface area contributed by atoms with Crippen molar-refractivity contribution < 1.29 is 24.6 Å². The van der Waals surface area contributed by atoms with E-state index in [0.717, 1.165) is 11.8 Å². The third-order valence-corrected chi connectivity index (χ3v) is 2.21. The van der Waals surface area contributed by atoms with Crippen molar-refractivity contribution in [2.45, 2.75) is 13.0 Å². The summed E-state index contributed by atoms with van der Waals surface area (Å²) in [5, 5.41) is 19.1. The van der Waals surface area contributed by atoms with Crippen LogP contribution in [0.1, 0.15) is 6.92 Å². The number of nitrogens with one attached hydrogen (secondary N) is 1. The highest BCUT2D eigenvalue weighted by Gasteiger charge is 2.18. The van der Waals surface area contributed by atoms with Crippen LogP contribution in [0.3, 0.4) is 0 Å². The third kappa shape index (κ3) is 6.30. The predicted molar refractivity (Wildman–Crippen MR) is 50.2 cm³/mol. The highest BCUT2D eigenvalue weighted by Crippen LogP contribution is 2.02. The van der Waals surface area contributed by atoms with Crippen molar-refractivity contribution >= 4 is 29.6 Å². The Balaban J connectivity index is 3.91. The summed E-state index contributed by atoms with van der Waals surface area (Å²) in [5.74, 6) is -2.77. The molecule has 3 N–H and O–H groups in total. The third-order valence-electron chi connectivity index (χ3n) is 1.19. The molecule has 0 saturated carbocycles. The number of hydrogen-bond acceptors (Lipinski definition) is 4. The van der Waals surface area contributed by atoms with Gasteiger partial charge in [-0.05, 0) is 0 Å². The molecular formula is C7H11NO5S. The fourth-order valence-electron chi connectivity index (χ4n) is 0.684. The van der Waals surface area contributed by atoms with Gasteiger partial charge in [0, 0.05) is 12.7 Å². The van der Waals surface area contributed by atoms with Crippen LogP contribution >= 0.6 is 11.8 Å². The quantitative estimate of drug-likeness (QED) is 0.553. The predicted octanol–water partition coefficient (Wildman–Crippen LogP) is -0.606. The molecule has 1 atom stereocenters. The van der Waals surface area contributed by atoms with Gasteiger partial charge in [-0.15, -0.1) is 11.8 Å². The maximum Gasteiger partial charge on any atom is 0.327 e. The average Bonchev–Trinajstić information content (AvgIpc) is 2.00. The molecule has 0 spiro atoms. The minimum atomic E-state index is -1.17. The first-order chi connectivity index (χ1) is 6.43. The minimum absolute atomic E-state index is 0.0429. The van der Waals surface area contributed by atoms with E-state index in [1.165, 1.54) is 6.92 Å². The topological polar surface area (TPSA) is 104 Å². The number of carbonyl (C=O) groups is 3. The summed E-state index contributed by atoms with van der Waals surface area (Å²) in [5.41, 5.74) is 0. The molecule has 0 saturated heterocycles. The van der Waals surface area contributed by atoms with Crippen molar-refractivity contribution in [3.05, 3.63) is 0 Å². The van der Waals surface area contributed by atoms with Gasteiger partial charge in [0.1, 0.15) is 6.04 Å². The Labute approximate surface area is 84.7 Å². The molecule has 0 heterocycles. The number of rotatable bonds is 6. The van der Waals surface area contributed by atoms with Crippen molar-refractivity contribution in [3.8, 4) is 0 Å². The largest absolute Gasteiger partial charge is 0.481 e. The Morgan fingerprint density at radius 2 is 1.93 bits per heavy atom. The molecule has 0 rings (SSSR count). The SMILES string of the molecule is CC(=O)NC(CSCC(=O)O)C(=O)O. The average molecular weight is 221 g/mol. The fraction of sp³-hybridized carbons (Fsp3) is 0.571. The summed E-state index contributed by atoms with van der Waals surface area (Å²) >= 11 is 0.945. The Morgan fingerprint density at radius 3 is 2.29 bits per heavy atom. The second-order valence-corrected chi connectivity index (χ2v) is 3.53. The van der Waals surface area contributed by atoms with Gasteiger partial charge in [-0.2, -0.15) is 0 Å². The molecule has 0 aromatic rings. The smallest absolute Gasteiger partial charge is 0.327 e. The van der Waals surface area contributed by atoms with Crippen molar-refractivity contribution in [1.82, 2.24) is 5.32 Å². The number of aliphatic carboxylic acids is 2. The van der Waals surface area contributed by atoms with Gasteiger partial charge in [-0.3, -0.25) is 9.59 Å². The summed E-state index contributed by atoms with van der Waals surface area (Å²) in [6.07, 6.45) is 0. The fourth-order valence-corrected chi connectivity index (χ4v) is 1.44. The van der Waals surface area contributed by atoms with Crippen LogP contribution in [0, 0.1) is 0 Å². The first-order valence-corrected chi connectivity index (χ1v) is 4.88. The van der Waals surface area contributed by atoms with E-state index < -0.39 is 23.9 Å². The van der Waals surface area contributed by atoms with E-state index in [0.29, 0.717) is 0 Å². The lowest BCUT2D eigenvalue weighted by Crippen LogP contribution is -2.41. The molecule has 7 heteroatoms. The Bertz CT molecular complexity index is 242. The minimum Gasteiger partial charge on any atom is -0.481 e. The molecule has 80 valence electrons. The van der Waals surface area contributed by atoms with Crippen LogP contribution in [0.2, 0.25) is 0 Å². The van der Waals surface area contributed by atoms with E-state index in [2.05, 4.69) is 5.32 Å². The zero-order chi connectivity index (χ0) is 11.1. The molecule has 0 aliphatic rings. The number of hydrogen-bond donors (Lipinski definition) is 3. The Kier molecular flexibility index (Phi) is 5.70. The number of carbonyl (C=O) groups excluding carboxylic acids is 1. The van der Waals surface area contributed by atoms with Crippen LogP contribution in [0.4, 0.5) is 0 Å². The molecule has 0 aliphatic heterocycles. The van der Waals surface area contributed by atoms with Crippen molar-refractivity contribution in [2.75, 3.05) is 11.5 Å². The molecule has 0 bridgehead atoms. The summed E-state index contributed by atoms with van der Waals surface area (Å²) < 4.78 is 0.